The van der Waals surface area contributed by atoms with Crippen molar-refractivity contribution in [2.75, 3.05) is 0 Å². The van der Waals surface area contributed by atoms with Crippen molar-refractivity contribution in [1.82, 2.24) is 0 Å². The molecule has 0 aliphatic carbocycles. The molecule has 0 amide bonds. The van der Waals surface area contributed by atoms with E-state index in [1.165, 1.54) is 0 Å². The van der Waals surface area contributed by atoms with Gasteiger partial charge in [0.15, 0.2) is 0 Å². The summed E-state index contributed by atoms with van der Waals surface area (Å²) in [7, 11) is 0. The van der Waals surface area contributed by atoms with Gasteiger partial charge in [-0.25, -0.2) is 4.39 Å². The predicted molar refractivity (Wildman–Crippen MR) is 85.8 cm³/mol. The molecule has 0 bridgehead atoms. The Bertz CT molecular complexity index is 626. The van der Waals surface area contributed by atoms with E-state index < -0.39 is 0 Å². The summed E-state index contributed by atoms with van der Waals surface area (Å²) in [6.45, 7) is 3.92. The third-order valence-electron chi connectivity index (χ3n) is 3.07. The molecular weight excluding hydrogens is 394 g/mol. The summed E-state index contributed by atoms with van der Waals surface area (Å²) >= 11 is 12.9. The molecule has 2 rings (SSSR count). The molecule has 1 unspecified atom stereocenters. The summed E-state index contributed by atoms with van der Waals surface area (Å²) in [6.07, 6.45) is 0. The molecule has 0 N–H and O–H groups in total. The molecule has 4 heteroatoms. The molecule has 2 aromatic rings. The van der Waals surface area contributed by atoms with Crippen LogP contribution in [-0.2, 0) is 0 Å². The van der Waals surface area contributed by atoms with E-state index in [1.54, 1.807) is 12.1 Å². The van der Waals surface area contributed by atoms with Crippen LogP contribution in [0, 0.1) is 19.7 Å². The largest absolute Gasteiger partial charge is 0.205 e. The Labute approximate surface area is 134 Å². The van der Waals surface area contributed by atoms with Crippen LogP contribution in [0.15, 0.2) is 34.8 Å². The van der Waals surface area contributed by atoms with E-state index in [-0.39, 0.29) is 10.6 Å². The van der Waals surface area contributed by atoms with Crippen LogP contribution < -0.4 is 0 Å². The minimum atomic E-state index is -0.239. The Morgan fingerprint density at radius 3 is 2.47 bits per heavy atom. The van der Waals surface area contributed by atoms with Crippen LogP contribution in [-0.4, -0.2) is 0 Å². The Kier molecular flexibility index (Phi) is 4.70. The quantitative estimate of drug-likeness (QED) is 0.510. The fraction of sp³-hybridized carbons (Fsp3) is 0.200. The van der Waals surface area contributed by atoms with Crippen molar-refractivity contribution in [1.29, 1.82) is 0 Å². The summed E-state index contributed by atoms with van der Waals surface area (Å²) in [5.74, 6) is -0.239. The van der Waals surface area contributed by atoms with Crippen LogP contribution >= 0.6 is 43.5 Å². The number of aryl methyl sites for hydroxylation is 2. The fourth-order valence-electron chi connectivity index (χ4n) is 1.96. The average molecular weight is 407 g/mol. The van der Waals surface area contributed by atoms with Gasteiger partial charge in [0.05, 0.1) is 9.30 Å². The summed E-state index contributed by atoms with van der Waals surface area (Å²) in [6, 6.07) is 9.21. The molecule has 0 radical (unpaired) electrons. The molecule has 2 aromatic carbocycles. The normalized spacial score (nSPS) is 12.5. The lowest BCUT2D eigenvalue weighted by Gasteiger charge is -2.16. The van der Waals surface area contributed by atoms with Crippen molar-refractivity contribution in [3.8, 4) is 0 Å². The van der Waals surface area contributed by atoms with Crippen LogP contribution in [0.25, 0.3) is 0 Å². The Hall–Kier alpha value is -0.380. The maximum absolute atomic E-state index is 14.1. The van der Waals surface area contributed by atoms with E-state index in [0.717, 1.165) is 21.7 Å². The van der Waals surface area contributed by atoms with Crippen molar-refractivity contribution < 1.29 is 4.39 Å². The van der Waals surface area contributed by atoms with Gasteiger partial charge >= 0.3 is 0 Å². The van der Waals surface area contributed by atoms with Crippen LogP contribution in [0.5, 0.6) is 0 Å². The highest BCUT2D eigenvalue weighted by Gasteiger charge is 2.18. The minimum Gasteiger partial charge on any atom is -0.205 e. The van der Waals surface area contributed by atoms with Crippen LogP contribution in [0.3, 0.4) is 0 Å². The van der Waals surface area contributed by atoms with Gasteiger partial charge < -0.3 is 0 Å². The standard InChI is InChI=1S/C15H12Br2ClF/c1-8-7-13(18)9(2)6-11(8)14(17)10-4-3-5-12(16)15(10)19/h3-7,14H,1-2H3. The van der Waals surface area contributed by atoms with E-state index >= 15 is 0 Å². The molecule has 0 nitrogen and oxygen atoms in total. The van der Waals surface area contributed by atoms with Crippen molar-refractivity contribution in [2.45, 2.75) is 18.7 Å². The van der Waals surface area contributed by atoms with Crippen molar-refractivity contribution in [3.05, 3.63) is 67.9 Å². The van der Waals surface area contributed by atoms with Gasteiger partial charge in [-0.3, -0.25) is 0 Å². The fourth-order valence-corrected chi connectivity index (χ4v) is 3.41. The smallest absolute Gasteiger partial charge is 0.142 e. The predicted octanol–water partition coefficient (Wildman–Crippen LogP) is 6.34. The molecule has 0 saturated carbocycles. The first-order chi connectivity index (χ1) is 8.91. The maximum Gasteiger partial charge on any atom is 0.142 e. The van der Waals surface area contributed by atoms with E-state index in [2.05, 4.69) is 31.9 Å². The van der Waals surface area contributed by atoms with Crippen molar-refractivity contribution >= 4 is 43.5 Å². The lowest BCUT2D eigenvalue weighted by atomic mass is 9.98. The highest BCUT2D eigenvalue weighted by atomic mass is 79.9. The molecule has 0 aromatic heterocycles. The molecule has 19 heavy (non-hydrogen) atoms. The summed E-state index contributed by atoms with van der Waals surface area (Å²) in [5, 5.41) is 0.732. The lowest BCUT2D eigenvalue weighted by Crippen LogP contribution is -2.00. The number of halogens is 4. The molecule has 1 atom stereocenters. The summed E-state index contributed by atoms with van der Waals surface area (Å²) in [4.78, 5) is -0.194. The monoisotopic (exact) mass is 404 g/mol. The SMILES string of the molecule is Cc1cc(C(Br)c2cccc(Br)c2F)c(C)cc1Cl. The topological polar surface area (TPSA) is 0 Å². The molecule has 0 aliphatic rings. The number of alkyl halides is 1. The van der Waals surface area contributed by atoms with Crippen LogP contribution in [0.1, 0.15) is 27.1 Å². The maximum atomic E-state index is 14.1. The molecule has 0 fully saturated rings. The highest BCUT2D eigenvalue weighted by Crippen LogP contribution is 2.37. The van der Waals surface area contributed by atoms with Crippen LogP contribution in [0.4, 0.5) is 4.39 Å². The van der Waals surface area contributed by atoms with Crippen molar-refractivity contribution in [2.24, 2.45) is 0 Å². The summed E-state index contributed by atoms with van der Waals surface area (Å²) < 4.78 is 14.6. The molecule has 100 valence electrons. The second-order valence-corrected chi connectivity index (χ2v) is 6.64. The van der Waals surface area contributed by atoms with Gasteiger partial charge in [0.2, 0.25) is 0 Å². The van der Waals surface area contributed by atoms with Gasteiger partial charge in [-0.1, -0.05) is 45.7 Å². The first-order valence-electron chi connectivity index (χ1n) is 5.76. The second-order valence-electron chi connectivity index (χ2n) is 4.46. The zero-order valence-corrected chi connectivity index (χ0v) is 14.4. The van der Waals surface area contributed by atoms with Gasteiger partial charge in [-0.05, 0) is 58.6 Å². The summed E-state index contributed by atoms with van der Waals surface area (Å²) in [5.41, 5.74) is 3.66. The third kappa shape index (κ3) is 3.04. The number of rotatable bonds is 2. The Balaban J connectivity index is 2.53. The van der Waals surface area contributed by atoms with E-state index in [9.17, 15) is 4.39 Å². The molecule has 0 saturated heterocycles. The average Bonchev–Trinajstić information content (AvgIpc) is 2.36. The molecule has 0 aliphatic heterocycles. The Morgan fingerprint density at radius 2 is 1.79 bits per heavy atom. The van der Waals surface area contributed by atoms with Gasteiger partial charge in [-0.15, -0.1) is 0 Å². The second kappa shape index (κ2) is 5.94. The Morgan fingerprint density at radius 1 is 1.11 bits per heavy atom. The number of benzene rings is 2. The highest BCUT2D eigenvalue weighted by molar-refractivity contribution is 9.10. The first kappa shape index (κ1) is 15.0. The van der Waals surface area contributed by atoms with Gasteiger partial charge in [0.25, 0.3) is 0 Å². The van der Waals surface area contributed by atoms with Crippen molar-refractivity contribution in [3.63, 3.8) is 0 Å². The van der Waals surface area contributed by atoms with Gasteiger partial charge in [0.1, 0.15) is 5.82 Å². The molecule has 0 spiro atoms. The van der Waals surface area contributed by atoms with E-state index in [1.807, 2.05) is 32.0 Å². The van der Waals surface area contributed by atoms with E-state index in [4.69, 9.17) is 11.6 Å². The molecule has 0 heterocycles. The number of hydrogen-bond donors (Lipinski definition) is 0. The minimum absolute atomic E-state index is 0.194. The zero-order chi connectivity index (χ0) is 14.2. The number of hydrogen-bond acceptors (Lipinski definition) is 0. The van der Waals surface area contributed by atoms with Gasteiger partial charge in [0, 0.05) is 10.6 Å². The van der Waals surface area contributed by atoms with Crippen LogP contribution in [0.2, 0.25) is 5.02 Å². The van der Waals surface area contributed by atoms with Gasteiger partial charge in [-0.2, -0.15) is 0 Å². The zero-order valence-electron chi connectivity index (χ0n) is 10.5. The van der Waals surface area contributed by atoms with E-state index in [0.29, 0.717) is 10.0 Å². The third-order valence-corrected chi connectivity index (χ3v) is 5.08. The molecular formula is C15H12Br2ClF. The first-order valence-corrected chi connectivity index (χ1v) is 7.85. The lowest BCUT2D eigenvalue weighted by molar-refractivity contribution is 0.607.